The molecule has 15 heteroatoms. The molecule has 2 heterocycles. The van der Waals surface area contributed by atoms with E-state index in [-0.39, 0.29) is 23.9 Å². The lowest BCUT2D eigenvalue weighted by Crippen LogP contribution is -2.28. The van der Waals surface area contributed by atoms with Crippen molar-refractivity contribution in [1.82, 2.24) is 25.1 Å². The van der Waals surface area contributed by atoms with Crippen molar-refractivity contribution in [1.29, 1.82) is 0 Å². The number of hydrogen-bond donors (Lipinski definition) is 1. The third kappa shape index (κ3) is 7.32. The van der Waals surface area contributed by atoms with Crippen LogP contribution in [0.2, 0.25) is 0 Å². The van der Waals surface area contributed by atoms with Crippen molar-refractivity contribution >= 4 is 35.0 Å². The van der Waals surface area contributed by atoms with E-state index in [9.17, 15) is 24.1 Å². The van der Waals surface area contributed by atoms with Gasteiger partial charge in [-0.05, 0) is 71.8 Å². The van der Waals surface area contributed by atoms with Gasteiger partial charge in [-0.2, -0.15) is 5.10 Å². The molecule has 6 rings (SSSR count). The van der Waals surface area contributed by atoms with Crippen LogP contribution in [-0.2, 0) is 11.3 Å². The Morgan fingerprint density at radius 1 is 0.960 bits per heavy atom. The second-order valence-electron chi connectivity index (χ2n) is 11.0. The number of amides is 2. The molecule has 1 aromatic heterocycles. The minimum absolute atomic E-state index is 0.0519. The summed E-state index contributed by atoms with van der Waals surface area (Å²) < 4.78 is 26.0. The number of non-ortho nitro benzene ring substituents is 1. The molecule has 0 saturated heterocycles. The molecule has 2 amide bonds. The van der Waals surface area contributed by atoms with Crippen molar-refractivity contribution in [2.45, 2.75) is 24.2 Å². The zero-order valence-electron chi connectivity index (χ0n) is 26.9. The summed E-state index contributed by atoms with van der Waals surface area (Å²) in [7, 11) is 3.05. The van der Waals surface area contributed by atoms with Gasteiger partial charge in [-0.1, -0.05) is 36.0 Å². The molecular weight excluding hydrogens is 665 g/mol. The Kier molecular flexibility index (Phi) is 10.1. The number of hydrazone groups is 1. The van der Waals surface area contributed by atoms with Crippen LogP contribution < -0.4 is 14.8 Å². The second-order valence-corrected chi connectivity index (χ2v) is 11.9. The molecule has 1 aliphatic rings. The summed E-state index contributed by atoms with van der Waals surface area (Å²) in [6.45, 7) is -0.0519. The van der Waals surface area contributed by atoms with E-state index in [0.717, 1.165) is 22.9 Å². The molecule has 0 saturated carbocycles. The normalized spacial score (nSPS) is 13.9. The quantitative estimate of drug-likeness (QED) is 0.0979. The van der Waals surface area contributed by atoms with Crippen molar-refractivity contribution < 1.29 is 28.4 Å². The van der Waals surface area contributed by atoms with Crippen LogP contribution >= 0.6 is 11.8 Å². The Morgan fingerprint density at radius 2 is 1.68 bits per heavy atom. The number of ether oxygens (including phenoxy) is 2. The topological polar surface area (TPSA) is 154 Å². The molecule has 0 fully saturated rings. The average molecular weight is 696 g/mol. The van der Waals surface area contributed by atoms with Gasteiger partial charge >= 0.3 is 0 Å². The summed E-state index contributed by atoms with van der Waals surface area (Å²) in [5.41, 5.74) is 2.93. The zero-order chi connectivity index (χ0) is 35.2. The fourth-order valence-electron chi connectivity index (χ4n) is 5.41. The minimum atomic E-state index is -0.507. The van der Waals surface area contributed by atoms with Crippen molar-refractivity contribution in [3.8, 4) is 17.2 Å². The number of benzene rings is 4. The Hall–Kier alpha value is -6.09. The highest BCUT2D eigenvalue weighted by Gasteiger charge is 2.33. The first-order valence-electron chi connectivity index (χ1n) is 15.3. The maximum absolute atomic E-state index is 13.9. The third-order valence-corrected chi connectivity index (χ3v) is 8.86. The maximum Gasteiger partial charge on any atom is 0.269 e. The number of halogens is 1. The minimum Gasteiger partial charge on any atom is -0.497 e. The van der Waals surface area contributed by atoms with Gasteiger partial charge < -0.3 is 14.8 Å². The molecule has 0 bridgehead atoms. The van der Waals surface area contributed by atoms with Gasteiger partial charge in [0.05, 0.1) is 48.8 Å². The summed E-state index contributed by atoms with van der Waals surface area (Å²) in [5.74, 6) is 0.168. The zero-order valence-corrected chi connectivity index (χ0v) is 27.7. The van der Waals surface area contributed by atoms with Gasteiger partial charge in [0.15, 0.2) is 11.0 Å². The van der Waals surface area contributed by atoms with Crippen LogP contribution in [-0.4, -0.2) is 62.2 Å². The van der Waals surface area contributed by atoms with Gasteiger partial charge in [-0.25, -0.2) is 9.40 Å². The lowest BCUT2D eigenvalue weighted by molar-refractivity contribution is -0.384. The first-order chi connectivity index (χ1) is 24.2. The number of carbonyl (C=O) groups excluding carboxylic acids is 2. The third-order valence-electron chi connectivity index (χ3n) is 7.95. The van der Waals surface area contributed by atoms with Crippen LogP contribution in [0.3, 0.4) is 0 Å². The Balaban J connectivity index is 1.26. The predicted octanol–water partition coefficient (Wildman–Crippen LogP) is 5.73. The highest BCUT2D eigenvalue weighted by molar-refractivity contribution is 7.99. The smallest absolute Gasteiger partial charge is 0.269 e. The Bertz CT molecular complexity index is 2050. The highest BCUT2D eigenvalue weighted by atomic mass is 32.2. The lowest BCUT2D eigenvalue weighted by atomic mass is 9.98. The standard InChI is InChI=1S/C35H30FN7O6S/c1-48-27-17-9-22(10-18-27)29-19-30(23-7-11-24(36)12-8-23)42(40-29)33(44)21-50-35-39-38-32(41(35)25-13-15-26(16-14-25)43(46)47)20-37-34(45)28-5-3-4-6-31(28)49-2/h3-18,30H,19-21H2,1-2H3,(H,37,45). The number of rotatable bonds is 12. The molecule has 4 aromatic carbocycles. The van der Waals surface area contributed by atoms with Gasteiger partial charge in [-0.15, -0.1) is 10.2 Å². The van der Waals surface area contributed by atoms with E-state index in [4.69, 9.17) is 14.6 Å². The summed E-state index contributed by atoms with van der Waals surface area (Å²) in [4.78, 5) is 37.7. The fraction of sp³-hybridized carbons (Fsp3) is 0.171. The largest absolute Gasteiger partial charge is 0.497 e. The first kappa shape index (κ1) is 33.8. The summed E-state index contributed by atoms with van der Waals surface area (Å²) in [6.07, 6.45) is 0.406. The van der Waals surface area contributed by atoms with Gasteiger partial charge in [0, 0.05) is 24.2 Å². The van der Waals surface area contributed by atoms with E-state index in [2.05, 4.69) is 15.5 Å². The molecule has 254 valence electrons. The van der Waals surface area contributed by atoms with E-state index in [1.54, 1.807) is 48.1 Å². The summed E-state index contributed by atoms with van der Waals surface area (Å²) >= 11 is 1.09. The Labute approximate surface area is 289 Å². The number of methoxy groups -OCH3 is 2. The van der Waals surface area contributed by atoms with E-state index < -0.39 is 22.7 Å². The average Bonchev–Trinajstić information content (AvgIpc) is 3.78. The van der Waals surface area contributed by atoms with Crippen LogP contribution in [0.4, 0.5) is 10.1 Å². The number of nitrogens with one attached hydrogen (secondary N) is 1. The summed E-state index contributed by atoms with van der Waals surface area (Å²) in [5, 5.41) is 29.1. The lowest BCUT2D eigenvalue weighted by Gasteiger charge is -2.22. The summed E-state index contributed by atoms with van der Waals surface area (Å²) in [6, 6.07) is 25.4. The number of carbonyl (C=O) groups is 2. The van der Waals surface area contributed by atoms with Crippen molar-refractivity contribution in [3.05, 3.63) is 136 Å². The van der Waals surface area contributed by atoms with Gasteiger partial charge in [-0.3, -0.25) is 24.3 Å². The monoisotopic (exact) mass is 695 g/mol. The molecule has 1 atom stereocenters. The van der Waals surface area contributed by atoms with E-state index in [0.29, 0.717) is 45.9 Å². The molecule has 1 aliphatic heterocycles. The molecular formula is C35H30FN7O6S. The maximum atomic E-state index is 13.9. The fourth-order valence-corrected chi connectivity index (χ4v) is 6.24. The van der Waals surface area contributed by atoms with Gasteiger partial charge in [0.1, 0.15) is 17.3 Å². The van der Waals surface area contributed by atoms with Crippen LogP contribution in [0, 0.1) is 15.9 Å². The van der Waals surface area contributed by atoms with E-state index in [1.807, 2.05) is 24.3 Å². The molecule has 13 nitrogen and oxygen atoms in total. The molecule has 0 aliphatic carbocycles. The number of aromatic nitrogens is 3. The number of thioether (sulfide) groups is 1. The van der Waals surface area contributed by atoms with Crippen LogP contribution in [0.1, 0.15) is 39.8 Å². The van der Waals surface area contributed by atoms with Crippen molar-refractivity contribution in [2.24, 2.45) is 5.10 Å². The van der Waals surface area contributed by atoms with Crippen molar-refractivity contribution in [3.63, 3.8) is 0 Å². The number of para-hydroxylation sites is 1. The molecule has 50 heavy (non-hydrogen) atoms. The first-order valence-corrected chi connectivity index (χ1v) is 16.3. The molecule has 0 spiro atoms. The SMILES string of the molecule is COc1ccc(C2=NN(C(=O)CSc3nnc(CNC(=O)c4ccccc4OC)n3-c3ccc([N+](=O)[O-])cc3)C(c3ccc(F)cc3)C2)cc1. The molecule has 1 unspecified atom stereocenters. The van der Waals surface area contributed by atoms with Crippen LogP contribution in [0.15, 0.2) is 107 Å². The molecule has 5 aromatic rings. The molecule has 0 radical (unpaired) electrons. The van der Waals surface area contributed by atoms with Crippen molar-refractivity contribution in [2.75, 3.05) is 20.0 Å². The number of nitrogens with zero attached hydrogens (tertiary/aromatic N) is 6. The van der Waals surface area contributed by atoms with Crippen LogP contribution in [0.5, 0.6) is 11.5 Å². The number of nitro groups is 1. The van der Waals surface area contributed by atoms with Crippen LogP contribution in [0.25, 0.3) is 5.69 Å². The predicted molar refractivity (Wildman–Crippen MR) is 183 cm³/mol. The second kappa shape index (κ2) is 15.0. The number of nitro benzene ring substituents is 1. The van der Waals surface area contributed by atoms with E-state index in [1.165, 1.54) is 48.5 Å². The van der Waals surface area contributed by atoms with Gasteiger partial charge in [0.2, 0.25) is 0 Å². The molecule has 1 N–H and O–H groups in total. The highest BCUT2D eigenvalue weighted by Crippen LogP contribution is 2.34. The Morgan fingerprint density at radius 3 is 2.36 bits per heavy atom. The van der Waals surface area contributed by atoms with E-state index >= 15 is 0 Å². The van der Waals surface area contributed by atoms with Gasteiger partial charge in [0.25, 0.3) is 17.5 Å². The number of hydrogen-bond acceptors (Lipinski definition) is 10.